The summed E-state index contributed by atoms with van der Waals surface area (Å²) in [5.41, 5.74) is 6.34. The first-order valence-electron chi connectivity index (χ1n) is 2.65. The molecule has 1 rings (SSSR count). The average molecular weight is 123 g/mol. The number of anilines is 1. The van der Waals surface area contributed by atoms with Crippen molar-refractivity contribution in [2.45, 2.75) is 0 Å². The zero-order valence-corrected chi connectivity index (χ0v) is 5.33. The molecule has 1 aromatic heterocycles. The van der Waals surface area contributed by atoms with E-state index in [1.807, 2.05) is 13.2 Å². The molecule has 0 saturated carbocycles. The first kappa shape index (κ1) is 5.88. The topological polar surface area (TPSA) is 43.8 Å². The van der Waals surface area contributed by atoms with E-state index in [0.29, 0.717) is 5.82 Å². The van der Waals surface area contributed by atoms with E-state index < -0.39 is 0 Å². The summed E-state index contributed by atoms with van der Waals surface area (Å²) in [4.78, 5) is 0. The Balaban J connectivity index is 3.15. The van der Waals surface area contributed by atoms with Crippen LogP contribution in [-0.2, 0) is 7.05 Å². The second-order valence-electron chi connectivity index (χ2n) is 1.85. The van der Waals surface area contributed by atoms with Crippen LogP contribution in [0.25, 0.3) is 6.08 Å². The molecule has 3 nitrogen and oxygen atoms in total. The molecule has 3 heteroatoms. The van der Waals surface area contributed by atoms with Gasteiger partial charge >= 0.3 is 0 Å². The predicted molar refractivity (Wildman–Crippen MR) is 37.7 cm³/mol. The summed E-state index contributed by atoms with van der Waals surface area (Å²) < 4.78 is 1.66. The molecule has 1 heterocycles. The van der Waals surface area contributed by atoms with Crippen molar-refractivity contribution in [3.05, 3.63) is 18.3 Å². The molecule has 9 heavy (non-hydrogen) atoms. The Morgan fingerprint density at radius 3 is 2.78 bits per heavy atom. The third-order valence-corrected chi connectivity index (χ3v) is 1.11. The maximum absolute atomic E-state index is 5.45. The standard InChI is InChI=1S/C6H9N3/c1-3-5-4-9(2)8-6(5)7/h3-4H,1H2,2H3,(H2,7,8). The van der Waals surface area contributed by atoms with Gasteiger partial charge in [0.05, 0.1) is 0 Å². The second-order valence-corrected chi connectivity index (χ2v) is 1.85. The molecule has 0 aromatic carbocycles. The van der Waals surface area contributed by atoms with E-state index in [-0.39, 0.29) is 0 Å². The molecular weight excluding hydrogens is 114 g/mol. The van der Waals surface area contributed by atoms with E-state index in [4.69, 9.17) is 5.73 Å². The fraction of sp³-hybridized carbons (Fsp3) is 0.167. The van der Waals surface area contributed by atoms with Crippen LogP contribution < -0.4 is 5.73 Å². The maximum Gasteiger partial charge on any atom is 0.152 e. The number of hydrogen-bond donors (Lipinski definition) is 1. The Morgan fingerprint density at radius 1 is 1.89 bits per heavy atom. The molecule has 0 unspecified atom stereocenters. The van der Waals surface area contributed by atoms with Crippen LogP contribution in [0.5, 0.6) is 0 Å². The Labute approximate surface area is 53.8 Å². The minimum Gasteiger partial charge on any atom is -0.382 e. The van der Waals surface area contributed by atoms with Crippen molar-refractivity contribution in [3.63, 3.8) is 0 Å². The highest BCUT2D eigenvalue weighted by Crippen LogP contribution is 2.07. The van der Waals surface area contributed by atoms with Gasteiger partial charge in [-0.25, -0.2) is 0 Å². The molecular formula is C6H9N3. The molecule has 0 fully saturated rings. The van der Waals surface area contributed by atoms with Crippen LogP contribution in [-0.4, -0.2) is 9.78 Å². The van der Waals surface area contributed by atoms with Crippen LogP contribution in [0.15, 0.2) is 12.8 Å². The predicted octanol–water partition coefficient (Wildman–Crippen LogP) is 0.645. The van der Waals surface area contributed by atoms with E-state index in [2.05, 4.69) is 11.7 Å². The Hall–Kier alpha value is -1.25. The summed E-state index contributed by atoms with van der Waals surface area (Å²) in [6, 6.07) is 0. The molecule has 0 radical (unpaired) electrons. The van der Waals surface area contributed by atoms with Gasteiger partial charge < -0.3 is 5.73 Å². The zero-order valence-electron chi connectivity index (χ0n) is 5.33. The minimum absolute atomic E-state index is 0.535. The molecule has 0 atom stereocenters. The number of rotatable bonds is 1. The summed E-state index contributed by atoms with van der Waals surface area (Å²) in [7, 11) is 1.82. The molecule has 1 aromatic rings. The number of nitrogens with two attached hydrogens (primary N) is 1. The lowest BCUT2D eigenvalue weighted by atomic mass is 10.3. The number of aryl methyl sites for hydroxylation is 1. The summed E-state index contributed by atoms with van der Waals surface area (Å²) in [5, 5.41) is 3.91. The van der Waals surface area contributed by atoms with E-state index in [1.54, 1.807) is 10.8 Å². The number of aromatic nitrogens is 2. The van der Waals surface area contributed by atoms with Crippen LogP contribution in [0, 0.1) is 0 Å². The first-order chi connectivity index (χ1) is 4.24. The fourth-order valence-corrected chi connectivity index (χ4v) is 0.681. The van der Waals surface area contributed by atoms with Crippen LogP contribution in [0.2, 0.25) is 0 Å². The van der Waals surface area contributed by atoms with Gasteiger partial charge in [-0.1, -0.05) is 12.7 Å². The highest BCUT2D eigenvalue weighted by Gasteiger charge is 1.96. The van der Waals surface area contributed by atoms with Crippen molar-refractivity contribution in [1.29, 1.82) is 0 Å². The van der Waals surface area contributed by atoms with Crippen molar-refractivity contribution >= 4 is 11.9 Å². The van der Waals surface area contributed by atoms with E-state index in [9.17, 15) is 0 Å². The maximum atomic E-state index is 5.45. The van der Waals surface area contributed by atoms with Gasteiger partial charge in [0.15, 0.2) is 5.82 Å². The van der Waals surface area contributed by atoms with Gasteiger partial charge in [0.2, 0.25) is 0 Å². The lowest BCUT2D eigenvalue weighted by Crippen LogP contribution is -1.90. The quantitative estimate of drug-likeness (QED) is 0.595. The monoisotopic (exact) mass is 123 g/mol. The molecule has 0 aliphatic heterocycles. The van der Waals surface area contributed by atoms with Crippen LogP contribution in [0.1, 0.15) is 5.56 Å². The third-order valence-electron chi connectivity index (χ3n) is 1.11. The normalized spacial score (nSPS) is 9.44. The molecule has 0 bridgehead atoms. The van der Waals surface area contributed by atoms with Gasteiger partial charge in [-0.05, 0) is 0 Å². The molecule has 0 amide bonds. The van der Waals surface area contributed by atoms with Crippen molar-refractivity contribution in [2.75, 3.05) is 5.73 Å². The summed E-state index contributed by atoms with van der Waals surface area (Å²) >= 11 is 0. The Morgan fingerprint density at radius 2 is 2.56 bits per heavy atom. The largest absolute Gasteiger partial charge is 0.382 e. The van der Waals surface area contributed by atoms with Crippen molar-refractivity contribution in [2.24, 2.45) is 7.05 Å². The van der Waals surface area contributed by atoms with Gasteiger partial charge in [-0.15, -0.1) is 0 Å². The number of nitrogen functional groups attached to an aromatic ring is 1. The smallest absolute Gasteiger partial charge is 0.152 e. The molecule has 0 aliphatic rings. The third kappa shape index (κ3) is 0.937. The molecule has 48 valence electrons. The fourth-order valence-electron chi connectivity index (χ4n) is 0.681. The van der Waals surface area contributed by atoms with Gasteiger partial charge in [0.1, 0.15) is 0 Å². The van der Waals surface area contributed by atoms with Gasteiger partial charge in [-0.3, -0.25) is 4.68 Å². The van der Waals surface area contributed by atoms with E-state index >= 15 is 0 Å². The zero-order chi connectivity index (χ0) is 6.85. The van der Waals surface area contributed by atoms with E-state index in [0.717, 1.165) is 5.56 Å². The van der Waals surface area contributed by atoms with Gasteiger partial charge in [0, 0.05) is 18.8 Å². The number of hydrogen-bond acceptors (Lipinski definition) is 2. The van der Waals surface area contributed by atoms with Crippen molar-refractivity contribution in [1.82, 2.24) is 9.78 Å². The summed E-state index contributed by atoms with van der Waals surface area (Å²) in [5.74, 6) is 0.535. The van der Waals surface area contributed by atoms with Gasteiger partial charge in [0.25, 0.3) is 0 Å². The Kier molecular flexibility index (Phi) is 1.26. The van der Waals surface area contributed by atoms with E-state index in [1.165, 1.54) is 0 Å². The highest BCUT2D eigenvalue weighted by atomic mass is 15.3. The second kappa shape index (κ2) is 1.93. The summed E-state index contributed by atoms with van der Waals surface area (Å²) in [6.45, 7) is 3.57. The molecule has 2 N–H and O–H groups in total. The first-order valence-corrected chi connectivity index (χ1v) is 2.65. The van der Waals surface area contributed by atoms with Crippen molar-refractivity contribution < 1.29 is 0 Å². The van der Waals surface area contributed by atoms with Gasteiger partial charge in [-0.2, -0.15) is 5.10 Å². The molecule has 0 saturated heterocycles. The lowest BCUT2D eigenvalue weighted by Gasteiger charge is -1.81. The highest BCUT2D eigenvalue weighted by molar-refractivity contribution is 5.58. The van der Waals surface area contributed by atoms with Crippen LogP contribution in [0.4, 0.5) is 5.82 Å². The number of nitrogens with zero attached hydrogens (tertiary/aromatic N) is 2. The van der Waals surface area contributed by atoms with Crippen molar-refractivity contribution in [3.8, 4) is 0 Å². The minimum atomic E-state index is 0.535. The molecule has 0 aliphatic carbocycles. The Bertz CT molecular complexity index is 224. The van der Waals surface area contributed by atoms with Crippen LogP contribution >= 0.6 is 0 Å². The molecule has 0 spiro atoms. The SMILES string of the molecule is C=Cc1cn(C)nc1N. The van der Waals surface area contributed by atoms with Crippen LogP contribution in [0.3, 0.4) is 0 Å². The lowest BCUT2D eigenvalue weighted by molar-refractivity contribution is 0.772. The summed E-state index contributed by atoms with van der Waals surface area (Å²) in [6.07, 6.45) is 3.50. The average Bonchev–Trinajstić information content (AvgIpc) is 2.10.